The topological polar surface area (TPSA) is 51.1 Å². The number of aryl methyl sites for hydroxylation is 1. The van der Waals surface area contributed by atoms with Crippen LogP contribution in [0.15, 0.2) is 77.6 Å². The number of halogens is 3. The Morgan fingerprint density at radius 1 is 0.839 bits per heavy atom. The summed E-state index contributed by atoms with van der Waals surface area (Å²) in [5, 5.41) is 3.54. The molecule has 0 saturated carbocycles. The number of carbonyl (C=O) groups is 1. The normalized spacial score (nSPS) is 11.7. The van der Waals surface area contributed by atoms with E-state index in [1.165, 1.54) is 18.2 Å². The minimum atomic E-state index is -4.54. The van der Waals surface area contributed by atoms with Crippen LogP contribution in [0.5, 0.6) is 0 Å². The SMILES string of the molecule is O=C(CCCn1c2ccccc2c(=O)c2ccccc21)Nc1ccccc1C(F)(F)F. The summed E-state index contributed by atoms with van der Waals surface area (Å²) in [7, 11) is 0. The van der Waals surface area contributed by atoms with Crippen LogP contribution in [0.4, 0.5) is 18.9 Å². The number of hydrogen-bond acceptors (Lipinski definition) is 2. The van der Waals surface area contributed by atoms with E-state index >= 15 is 0 Å². The number of pyridine rings is 1. The Morgan fingerprint density at radius 3 is 2.00 bits per heavy atom. The summed E-state index contributed by atoms with van der Waals surface area (Å²) >= 11 is 0. The van der Waals surface area contributed by atoms with E-state index < -0.39 is 17.6 Å². The fourth-order valence-electron chi connectivity index (χ4n) is 3.77. The van der Waals surface area contributed by atoms with Crippen molar-refractivity contribution in [3.8, 4) is 0 Å². The molecule has 0 unspecified atom stereocenters. The zero-order chi connectivity index (χ0) is 22.0. The molecule has 0 atom stereocenters. The van der Waals surface area contributed by atoms with Gasteiger partial charge in [-0.15, -0.1) is 0 Å². The van der Waals surface area contributed by atoms with Gasteiger partial charge in [-0.2, -0.15) is 13.2 Å². The molecule has 31 heavy (non-hydrogen) atoms. The smallest absolute Gasteiger partial charge is 0.340 e. The highest BCUT2D eigenvalue weighted by atomic mass is 19.4. The molecule has 158 valence electrons. The molecule has 1 amide bonds. The molecule has 0 aliphatic rings. The van der Waals surface area contributed by atoms with Crippen molar-refractivity contribution in [1.29, 1.82) is 0 Å². The molecule has 0 aliphatic heterocycles. The monoisotopic (exact) mass is 424 g/mol. The largest absolute Gasteiger partial charge is 0.418 e. The van der Waals surface area contributed by atoms with Gasteiger partial charge in [0.05, 0.1) is 22.3 Å². The Morgan fingerprint density at radius 2 is 1.39 bits per heavy atom. The van der Waals surface area contributed by atoms with Gasteiger partial charge in [-0.25, -0.2) is 0 Å². The van der Waals surface area contributed by atoms with Gasteiger partial charge in [-0.05, 0) is 42.8 Å². The third kappa shape index (κ3) is 4.17. The highest BCUT2D eigenvalue weighted by molar-refractivity contribution is 5.94. The first-order chi connectivity index (χ1) is 14.9. The molecule has 0 bridgehead atoms. The molecule has 0 spiro atoms. The van der Waals surface area contributed by atoms with Crippen LogP contribution in [0.25, 0.3) is 21.8 Å². The molecule has 1 aromatic heterocycles. The number of nitrogens with zero attached hydrogens (tertiary/aromatic N) is 1. The lowest BCUT2D eigenvalue weighted by Gasteiger charge is -2.16. The lowest BCUT2D eigenvalue weighted by molar-refractivity contribution is -0.137. The zero-order valence-corrected chi connectivity index (χ0v) is 16.4. The van der Waals surface area contributed by atoms with Crippen LogP contribution >= 0.6 is 0 Å². The third-order valence-electron chi connectivity index (χ3n) is 5.17. The van der Waals surface area contributed by atoms with E-state index in [0.717, 1.165) is 17.1 Å². The maximum atomic E-state index is 13.1. The number of nitrogens with one attached hydrogen (secondary N) is 1. The maximum absolute atomic E-state index is 13.1. The van der Waals surface area contributed by atoms with Crippen LogP contribution in [-0.4, -0.2) is 10.5 Å². The Labute approximate surface area is 175 Å². The van der Waals surface area contributed by atoms with Crippen molar-refractivity contribution in [1.82, 2.24) is 4.57 Å². The van der Waals surface area contributed by atoms with Crippen LogP contribution in [0.1, 0.15) is 18.4 Å². The molecule has 4 nitrogen and oxygen atoms in total. The fraction of sp³-hybridized carbons (Fsp3) is 0.167. The Hall–Kier alpha value is -3.61. The molecule has 1 heterocycles. The van der Waals surface area contributed by atoms with Crippen molar-refractivity contribution < 1.29 is 18.0 Å². The molecule has 4 rings (SSSR count). The first kappa shape index (κ1) is 20.7. The summed E-state index contributed by atoms with van der Waals surface area (Å²) in [6, 6.07) is 19.4. The third-order valence-corrected chi connectivity index (χ3v) is 5.17. The van der Waals surface area contributed by atoms with E-state index in [0.29, 0.717) is 23.7 Å². The second-order valence-corrected chi connectivity index (χ2v) is 7.21. The summed E-state index contributed by atoms with van der Waals surface area (Å²) in [4.78, 5) is 25.1. The predicted octanol–water partition coefficient (Wildman–Crippen LogP) is 5.59. The molecule has 0 radical (unpaired) electrons. The second kappa shape index (κ2) is 8.26. The van der Waals surface area contributed by atoms with E-state index in [-0.39, 0.29) is 17.5 Å². The quantitative estimate of drug-likeness (QED) is 0.425. The van der Waals surface area contributed by atoms with Crippen LogP contribution < -0.4 is 10.7 Å². The van der Waals surface area contributed by atoms with Crippen molar-refractivity contribution in [3.05, 3.63) is 88.6 Å². The number of rotatable bonds is 5. The minimum absolute atomic E-state index is 0.0426. The summed E-state index contributed by atoms with van der Waals surface area (Å²) in [5.41, 5.74) is 0.340. The van der Waals surface area contributed by atoms with Gasteiger partial charge < -0.3 is 9.88 Å². The molecule has 3 aromatic carbocycles. The number of amides is 1. The van der Waals surface area contributed by atoms with E-state index in [1.807, 2.05) is 28.8 Å². The Kier molecular flexibility index (Phi) is 5.50. The molecule has 0 fully saturated rings. The van der Waals surface area contributed by atoms with Gasteiger partial charge in [-0.1, -0.05) is 36.4 Å². The predicted molar refractivity (Wildman–Crippen MR) is 115 cm³/mol. The van der Waals surface area contributed by atoms with Gasteiger partial charge in [0.25, 0.3) is 0 Å². The van der Waals surface area contributed by atoms with Crippen LogP contribution in [0.3, 0.4) is 0 Å². The van der Waals surface area contributed by atoms with Crippen LogP contribution in [0.2, 0.25) is 0 Å². The van der Waals surface area contributed by atoms with Crippen molar-refractivity contribution in [2.75, 3.05) is 5.32 Å². The molecule has 0 aliphatic carbocycles. The first-order valence-electron chi connectivity index (χ1n) is 9.82. The molecular formula is C24H19F3N2O2. The lowest BCUT2D eigenvalue weighted by atomic mass is 10.1. The van der Waals surface area contributed by atoms with Crippen LogP contribution in [-0.2, 0) is 17.5 Å². The number of hydrogen-bond donors (Lipinski definition) is 1. The first-order valence-corrected chi connectivity index (χ1v) is 9.82. The number of para-hydroxylation sites is 3. The lowest BCUT2D eigenvalue weighted by Crippen LogP contribution is -2.17. The number of alkyl halides is 3. The number of anilines is 1. The standard InChI is InChI=1S/C24H19F3N2O2/c25-24(26,27)18-10-3-4-11-19(18)28-22(30)14-7-15-29-20-12-5-1-8-16(20)23(31)17-9-2-6-13-21(17)29/h1-6,8-13H,7,14-15H2,(H,28,30). The summed E-state index contributed by atoms with van der Waals surface area (Å²) in [6.07, 6.45) is -4.10. The Balaban J connectivity index is 1.55. The van der Waals surface area contributed by atoms with E-state index in [4.69, 9.17) is 0 Å². The maximum Gasteiger partial charge on any atom is 0.418 e. The molecule has 1 N–H and O–H groups in total. The number of carbonyl (C=O) groups excluding carboxylic acids is 1. The summed E-state index contributed by atoms with van der Waals surface area (Å²) in [5.74, 6) is -0.494. The second-order valence-electron chi connectivity index (χ2n) is 7.21. The van der Waals surface area contributed by atoms with E-state index in [1.54, 1.807) is 24.3 Å². The number of benzene rings is 3. The molecular weight excluding hydrogens is 405 g/mol. The zero-order valence-electron chi connectivity index (χ0n) is 16.4. The summed E-state index contributed by atoms with van der Waals surface area (Å²) in [6.45, 7) is 0.440. The van der Waals surface area contributed by atoms with Crippen molar-refractivity contribution in [3.63, 3.8) is 0 Å². The van der Waals surface area contributed by atoms with Crippen molar-refractivity contribution in [2.45, 2.75) is 25.6 Å². The van der Waals surface area contributed by atoms with Gasteiger partial charge in [0, 0.05) is 23.7 Å². The molecule has 4 aromatic rings. The minimum Gasteiger partial charge on any atom is -0.340 e. The highest BCUT2D eigenvalue weighted by Crippen LogP contribution is 2.34. The highest BCUT2D eigenvalue weighted by Gasteiger charge is 2.33. The van der Waals surface area contributed by atoms with Crippen LogP contribution in [0, 0.1) is 0 Å². The average molecular weight is 424 g/mol. The van der Waals surface area contributed by atoms with Crippen molar-refractivity contribution >= 4 is 33.4 Å². The van der Waals surface area contributed by atoms with Gasteiger partial charge in [-0.3, -0.25) is 9.59 Å². The van der Waals surface area contributed by atoms with Gasteiger partial charge >= 0.3 is 6.18 Å². The average Bonchev–Trinajstić information content (AvgIpc) is 2.76. The van der Waals surface area contributed by atoms with Gasteiger partial charge in [0.1, 0.15) is 0 Å². The number of aromatic nitrogens is 1. The van der Waals surface area contributed by atoms with Crippen molar-refractivity contribution in [2.24, 2.45) is 0 Å². The fourth-order valence-corrected chi connectivity index (χ4v) is 3.77. The molecule has 0 saturated heterocycles. The number of fused-ring (bicyclic) bond motifs is 2. The Bertz CT molecular complexity index is 1270. The van der Waals surface area contributed by atoms with E-state index in [9.17, 15) is 22.8 Å². The van der Waals surface area contributed by atoms with Gasteiger partial charge in [0.2, 0.25) is 5.91 Å². The van der Waals surface area contributed by atoms with E-state index in [2.05, 4.69) is 5.32 Å². The summed E-state index contributed by atoms with van der Waals surface area (Å²) < 4.78 is 41.3. The molecule has 7 heteroatoms. The van der Waals surface area contributed by atoms with Gasteiger partial charge in [0.15, 0.2) is 5.43 Å².